The highest BCUT2D eigenvalue weighted by Gasteiger charge is 2.09. The van der Waals surface area contributed by atoms with Gasteiger partial charge in [0.2, 0.25) is 0 Å². The molecule has 0 bridgehead atoms. The Bertz CT molecular complexity index is 502. The number of thiazole rings is 1. The van der Waals surface area contributed by atoms with E-state index in [0.29, 0.717) is 11.2 Å². The van der Waals surface area contributed by atoms with Crippen LogP contribution in [0.4, 0.5) is 9.93 Å². The number of nitrogens with one attached hydrogen (secondary N) is 2. The van der Waals surface area contributed by atoms with Gasteiger partial charge in [-0.2, -0.15) is 0 Å². The maximum absolute atomic E-state index is 11.3. The quantitative estimate of drug-likeness (QED) is 0.711. The molecule has 1 rings (SSSR count). The Morgan fingerprint density at radius 3 is 2.44 bits per heavy atom. The minimum Gasteiger partial charge on any atom is -0.478 e. The molecule has 0 saturated heterocycles. The predicted molar refractivity (Wildman–Crippen MR) is 65.5 cm³/mol. The molecule has 8 heteroatoms. The second-order valence-corrected chi connectivity index (χ2v) is 4.48. The Morgan fingerprint density at radius 1 is 1.28 bits per heavy atom. The summed E-state index contributed by atoms with van der Waals surface area (Å²) in [4.78, 5) is 37.6. The number of imide groups is 1. The molecule has 0 aliphatic carbocycles. The van der Waals surface area contributed by atoms with E-state index in [4.69, 9.17) is 5.11 Å². The summed E-state index contributed by atoms with van der Waals surface area (Å²) in [5, 5.41) is 13.0. The van der Waals surface area contributed by atoms with Crippen molar-refractivity contribution in [3.63, 3.8) is 0 Å². The van der Waals surface area contributed by atoms with E-state index in [0.717, 1.165) is 16.6 Å². The highest BCUT2D eigenvalue weighted by Crippen LogP contribution is 2.20. The lowest BCUT2D eigenvalue weighted by Crippen LogP contribution is -2.33. The number of carboxylic acids is 1. The van der Waals surface area contributed by atoms with Crippen molar-refractivity contribution >= 4 is 34.4 Å². The third-order valence-electron chi connectivity index (χ3n) is 1.86. The van der Waals surface area contributed by atoms with Crippen molar-refractivity contribution in [3.8, 4) is 0 Å². The average Bonchev–Trinajstić information content (AvgIpc) is 2.54. The number of urea groups is 1. The molecule has 1 aromatic heterocycles. The number of hydrogen-bond donors (Lipinski definition) is 3. The van der Waals surface area contributed by atoms with Gasteiger partial charge in [0.25, 0.3) is 5.91 Å². The second-order valence-electron chi connectivity index (χ2n) is 3.28. The smallest absolute Gasteiger partial charge is 0.328 e. The van der Waals surface area contributed by atoms with Gasteiger partial charge >= 0.3 is 12.0 Å². The van der Waals surface area contributed by atoms with E-state index in [-0.39, 0.29) is 0 Å². The number of hydrogen-bond acceptors (Lipinski definition) is 5. The highest BCUT2D eigenvalue weighted by atomic mass is 32.1. The fraction of sp³-hybridized carbons (Fsp3) is 0.200. The van der Waals surface area contributed by atoms with Crippen LogP contribution in [0.1, 0.15) is 10.6 Å². The summed E-state index contributed by atoms with van der Waals surface area (Å²) >= 11 is 1.28. The number of rotatable bonds is 3. The normalized spacial score (nSPS) is 10.3. The number of carbonyl (C=O) groups excluding carboxylic acids is 2. The monoisotopic (exact) mass is 269 g/mol. The van der Waals surface area contributed by atoms with E-state index in [1.807, 2.05) is 12.2 Å². The first kappa shape index (κ1) is 13.8. The van der Waals surface area contributed by atoms with Crippen molar-refractivity contribution in [2.75, 3.05) is 5.32 Å². The van der Waals surface area contributed by atoms with Crippen molar-refractivity contribution in [2.24, 2.45) is 0 Å². The molecule has 0 unspecified atom stereocenters. The van der Waals surface area contributed by atoms with Crippen LogP contribution >= 0.6 is 11.3 Å². The Kier molecular flexibility index (Phi) is 4.55. The van der Waals surface area contributed by atoms with Gasteiger partial charge in [0.1, 0.15) is 0 Å². The van der Waals surface area contributed by atoms with Gasteiger partial charge in [0.05, 0.1) is 5.69 Å². The molecule has 0 radical (unpaired) electrons. The molecule has 0 aliphatic heterocycles. The standard InChI is InChI=1S/C10H11N3O4S/c1-5-6(2)18-10(11-5)13-9(17)12-7(14)3-4-8(15)16/h3-4H,1-2H3,(H,15,16)(H2,11,12,13,14,17)/b4-3+. The molecule has 0 aromatic carbocycles. The van der Waals surface area contributed by atoms with Gasteiger partial charge in [-0.25, -0.2) is 14.6 Å². The number of anilines is 1. The highest BCUT2D eigenvalue weighted by molar-refractivity contribution is 7.15. The maximum atomic E-state index is 11.3. The van der Waals surface area contributed by atoms with E-state index >= 15 is 0 Å². The molecule has 0 saturated carbocycles. The number of carbonyl (C=O) groups is 3. The summed E-state index contributed by atoms with van der Waals surface area (Å²) in [6.45, 7) is 3.66. The maximum Gasteiger partial charge on any atom is 0.328 e. The molecule has 0 aliphatic rings. The van der Waals surface area contributed by atoms with Crippen LogP contribution < -0.4 is 10.6 Å². The fourth-order valence-electron chi connectivity index (χ4n) is 0.955. The van der Waals surface area contributed by atoms with Gasteiger partial charge in [-0.05, 0) is 13.8 Å². The Morgan fingerprint density at radius 2 is 1.94 bits per heavy atom. The zero-order valence-electron chi connectivity index (χ0n) is 9.68. The summed E-state index contributed by atoms with van der Waals surface area (Å²) in [7, 11) is 0. The first-order valence-corrected chi connectivity index (χ1v) is 5.67. The van der Waals surface area contributed by atoms with Gasteiger partial charge in [-0.3, -0.25) is 15.4 Å². The average molecular weight is 269 g/mol. The van der Waals surface area contributed by atoms with Crippen LogP contribution in [0.2, 0.25) is 0 Å². The molecule has 0 fully saturated rings. The summed E-state index contributed by atoms with van der Waals surface area (Å²) < 4.78 is 0. The summed E-state index contributed by atoms with van der Waals surface area (Å²) in [5.74, 6) is -2.09. The lowest BCUT2D eigenvalue weighted by Gasteiger charge is -2.00. The molecular weight excluding hydrogens is 258 g/mol. The number of aryl methyl sites for hydroxylation is 2. The van der Waals surface area contributed by atoms with E-state index in [1.165, 1.54) is 11.3 Å². The lowest BCUT2D eigenvalue weighted by atomic mass is 10.4. The predicted octanol–water partition coefficient (Wildman–Crippen LogP) is 1.05. The van der Waals surface area contributed by atoms with Crippen LogP contribution in [0.15, 0.2) is 12.2 Å². The molecule has 7 nitrogen and oxygen atoms in total. The number of carboxylic acid groups (broad SMARTS) is 1. The van der Waals surface area contributed by atoms with Crippen LogP contribution in [0.3, 0.4) is 0 Å². The van der Waals surface area contributed by atoms with Crippen LogP contribution in [0.25, 0.3) is 0 Å². The number of amides is 3. The zero-order chi connectivity index (χ0) is 13.7. The van der Waals surface area contributed by atoms with Crippen molar-refractivity contribution < 1.29 is 19.5 Å². The van der Waals surface area contributed by atoms with E-state index < -0.39 is 17.9 Å². The minimum atomic E-state index is -1.27. The van der Waals surface area contributed by atoms with Gasteiger partial charge in [0, 0.05) is 17.0 Å². The Hall–Kier alpha value is -2.22. The number of aliphatic carboxylic acids is 1. The third-order valence-corrected chi connectivity index (χ3v) is 2.85. The molecule has 0 spiro atoms. The molecule has 0 atom stereocenters. The third kappa shape index (κ3) is 4.34. The summed E-state index contributed by atoms with van der Waals surface area (Å²) in [6, 6.07) is -0.760. The molecule has 18 heavy (non-hydrogen) atoms. The fourth-order valence-corrected chi connectivity index (χ4v) is 1.76. The summed E-state index contributed by atoms with van der Waals surface area (Å²) in [5.41, 5.74) is 0.799. The SMILES string of the molecule is Cc1nc(NC(=O)NC(=O)/C=C/C(=O)O)sc1C. The van der Waals surface area contributed by atoms with Crippen LogP contribution in [0.5, 0.6) is 0 Å². The molecule has 3 N–H and O–H groups in total. The number of nitrogens with zero attached hydrogens (tertiary/aromatic N) is 1. The topological polar surface area (TPSA) is 108 Å². The van der Waals surface area contributed by atoms with Gasteiger partial charge < -0.3 is 5.11 Å². The Balaban J connectivity index is 2.52. The van der Waals surface area contributed by atoms with E-state index in [1.54, 1.807) is 6.92 Å². The van der Waals surface area contributed by atoms with Gasteiger partial charge in [-0.15, -0.1) is 11.3 Å². The second kappa shape index (κ2) is 5.92. The van der Waals surface area contributed by atoms with Crippen molar-refractivity contribution in [1.29, 1.82) is 0 Å². The van der Waals surface area contributed by atoms with Crippen LogP contribution in [0, 0.1) is 13.8 Å². The van der Waals surface area contributed by atoms with Crippen molar-refractivity contribution in [3.05, 3.63) is 22.7 Å². The van der Waals surface area contributed by atoms with Gasteiger partial charge in [0.15, 0.2) is 5.13 Å². The van der Waals surface area contributed by atoms with Crippen LogP contribution in [-0.2, 0) is 9.59 Å². The van der Waals surface area contributed by atoms with Crippen molar-refractivity contribution in [2.45, 2.75) is 13.8 Å². The minimum absolute atomic E-state index is 0.373. The molecule has 3 amide bonds. The van der Waals surface area contributed by atoms with Gasteiger partial charge in [-0.1, -0.05) is 0 Å². The molecule has 1 heterocycles. The van der Waals surface area contributed by atoms with E-state index in [2.05, 4.69) is 10.3 Å². The lowest BCUT2D eigenvalue weighted by molar-refractivity contribution is -0.131. The molecule has 96 valence electrons. The van der Waals surface area contributed by atoms with Crippen molar-refractivity contribution in [1.82, 2.24) is 10.3 Å². The van der Waals surface area contributed by atoms with E-state index in [9.17, 15) is 14.4 Å². The largest absolute Gasteiger partial charge is 0.478 e. The van der Waals surface area contributed by atoms with Crippen LogP contribution in [-0.4, -0.2) is 28.0 Å². The zero-order valence-corrected chi connectivity index (χ0v) is 10.5. The molecule has 1 aromatic rings. The first-order valence-electron chi connectivity index (χ1n) is 4.85. The Labute approximate surface area is 107 Å². The summed E-state index contributed by atoms with van der Waals surface area (Å²) in [6.07, 6.45) is 1.39. The first-order chi connectivity index (χ1) is 8.38. The molecular formula is C10H11N3O4S. The number of aromatic nitrogens is 1.